The lowest BCUT2D eigenvalue weighted by molar-refractivity contribution is -0.138. The van der Waals surface area contributed by atoms with E-state index < -0.39 is 11.9 Å². The number of benzene rings is 1. The lowest BCUT2D eigenvalue weighted by atomic mass is 10.1. The van der Waals surface area contributed by atoms with E-state index in [-0.39, 0.29) is 5.70 Å². The summed E-state index contributed by atoms with van der Waals surface area (Å²) in [5.41, 5.74) is 1.18. The monoisotopic (exact) mass is 302 g/mol. The largest absolute Gasteiger partial charge is 0.466 e. The maximum Gasteiger partial charge on any atom is 0.354 e. The Balaban J connectivity index is 2.37. The van der Waals surface area contributed by atoms with Crippen LogP contribution in [0.5, 0.6) is 0 Å². The molecule has 1 aromatic carbocycles. The normalized spacial score (nSPS) is 10.9. The Kier molecular flexibility index (Phi) is 4.92. The number of oxazole rings is 1. The van der Waals surface area contributed by atoms with E-state index in [1.165, 1.54) is 20.6 Å². The fourth-order valence-electron chi connectivity index (χ4n) is 1.73. The number of carbonyl (C=O) groups excluding carboxylic acids is 2. The molecule has 2 aromatic rings. The van der Waals surface area contributed by atoms with Crippen LogP contribution in [-0.4, -0.2) is 31.1 Å². The zero-order valence-corrected chi connectivity index (χ0v) is 12.0. The van der Waals surface area contributed by atoms with Crippen LogP contribution in [0.3, 0.4) is 0 Å². The minimum absolute atomic E-state index is 0.0543. The highest BCUT2D eigenvalue weighted by Gasteiger charge is 2.15. The van der Waals surface area contributed by atoms with Crippen molar-refractivity contribution < 1.29 is 23.5 Å². The third-order valence-electron chi connectivity index (χ3n) is 2.76. The number of methoxy groups -OCH3 is 2. The summed E-state index contributed by atoms with van der Waals surface area (Å²) in [6.07, 6.45) is 3.86. The van der Waals surface area contributed by atoms with Crippen LogP contribution in [0.1, 0.15) is 0 Å². The molecule has 0 amide bonds. The van der Waals surface area contributed by atoms with Crippen molar-refractivity contribution in [3.05, 3.63) is 48.6 Å². The van der Waals surface area contributed by atoms with E-state index in [9.17, 15) is 9.59 Å². The second-order valence-electron chi connectivity index (χ2n) is 4.11. The number of hydrogen-bond acceptors (Lipinski definition) is 7. The Bertz CT molecular complexity index is 692. The fourth-order valence-corrected chi connectivity index (χ4v) is 1.73. The van der Waals surface area contributed by atoms with E-state index in [0.29, 0.717) is 17.0 Å². The molecule has 0 unspecified atom stereocenters. The van der Waals surface area contributed by atoms with Gasteiger partial charge in [-0.2, -0.15) is 0 Å². The molecule has 0 bridgehead atoms. The number of anilines is 1. The third kappa shape index (κ3) is 3.51. The first kappa shape index (κ1) is 15.3. The van der Waals surface area contributed by atoms with Crippen molar-refractivity contribution in [3.8, 4) is 11.3 Å². The van der Waals surface area contributed by atoms with Gasteiger partial charge in [0.2, 0.25) is 0 Å². The molecule has 1 heterocycles. The van der Waals surface area contributed by atoms with Gasteiger partial charge in [0.15, 0.2) is 12.2 Å². The van der Waals surface area contributed by atoms with E-state index in [4.69, 9.17) is 4.42 Å². The fraction of sp³-hybridized carbons (Fsp3) is 0.133. The molecule has 1 aromatic heterocycles. The third-order valence-corrected chi connectivity index (χ3v) is 2.76. The molecule has 0 aliphatic rings. The SMILES string of the molecule is COC(=O)/C=C(/Nc1ccccc1-c1cnco1)C(=O)OC. The summed E-state index contributed by atoms with van der Waals surface area (Å²) in [5.74, 6) is -0.854. The van der Waals surface area contributed by atoms with Gasteiger partial charge in [-0.15, -0.1) is 0 Å². The molecule has 2 rings (SSSR count). The van der Waals surface area contributed by atoms with Crippen LogP contribution < -0.4 is 5.32 Å². The zero-order chi connectivity index (χ0) is 15.9. The first-order valence-electron chi connectivity index (χ1n) is 6.28. The predicted octanol–water partition coefficient (Wildman–Crippen LogP) is 1.98. The number of para-hydroxylation sites is 1. The maximum absolute atomic E-state index is 11.8. The summed E-state index contributed by atoms with van der Waals surface area (Å²) >= 11 is 0. The van der Waals surface area contributed by atoms with Gasteiger partial charge in [-0.3, -0.25) is 0 Å². The van der Waals surface area contributed by atoms with E-state index in [0.717, 1.165) is 6.08 Å². The van der Waals surface area contributed by atoms with E-state index >= 15 is 0 Å². The van der Waals surface area contributed by atoms with Gasteiger partial charge in [-0.1, -0.05) is 12.1 Å². The molecule has 7 nitrogen and oxygen atoms in total. The van der Waals surface area contributed by atoms with Gasteiger partial charge in [0.25, 0.3) is 0 Å². The van der Waals surface area contributed by atoms with Crippen molar-refractivity contribution in [2.45, 2.75) is 0 Å². The van der Waals surface area contributed by atoms with Gasteiger partial charge < -0.3 is 19.2 Å². The summed E-state index contributed by atoms with van der Waals surface area (Å²) in [7, 11) is 2.44. The predicted molar refractivity (Wildman–Crippen MR) is 77.7 cm³/mol. The second kappa shape index (κ2) is 7.07. The molecule has 0 aliphatic heterocycles. The second-order valence-corrected chi connectivity index (χ2v) is 4.11. The topological polar surface area (TPSA) is 90.7 Å². The van der Waals surface area contributed by atoms with Crippen molar-refractivity contribution in [1.82, 2.24) is 4.98 Å². The molecule has 0 fully saturated rings. The van der Waals surface area contributed by atoms with E-state index in [2.05, 4.69) is 19.8 Å². The summed E-state index contributed by atoms with van der Waals surface area (Å²) in [4.78, 5) is 27.0. The quantitative estimate of drug-likeness (QED) is 0.667. The van der Waals surface area contributed by atoms with Gasteiger partial charge in [0, 0.05) is 11.3 Å². The molecule has 114 valence electrons. The Hall–Kier alpha value is -3.09. The van der Waals surface area contributed by atoms with Crippen molar-refractivity contribution in [2.75, 3.05) is 19.5 Å². The van der Waals surface area contributed by atoms with Gasteiger partial charge in [-0.25, -0.2) is 14.6 Å². The average molecular weight is 302 g/mol. The van der Waals surface area contributed by atoms with E-state index in [1.807, 2.05) is 6.07 Å². The molecule has 0 saturated carbocycles. The first-order valence-corrected chi connectivity index (χ1v) is 6.28. The highest BCUT2D eigenvalue weighted by atomic mass is 16.5. The summed E-state index contributed by atoms with van der Waals surface area (Å²) in [5, 5.41) is 2.85. The van der Waals surface area contributed by atoms with Crippen LogP contribution in [0.25, 0.3) is 11.3 Å². The van der Waals surface area contributed by atoms with Crippen LogP contribution in [0.4, 0.5) is 5.69 Å². The van der Waals surface area contributed by atoms with Crippen LogP contribution in [0.15, 0.2) is 53.0 Å². The number of aromatic nitrogens is 1. The van der Waals surface area contributed by atoms with Gasteiger partial charge in [0.1, 0.15) is 5.70 Å². The summed E-state index contributed by atoms with van der Waals surface area (Å²) < 4.78 is 14.4. The Morgan fingerprint density at radius 2 is 2.00 bits per heavy atom. The molecule has 0 aliphatic carbocycles. The lowest BCUT2D eigenvalue weighted by Crippen LogP contribution is -2.15. The minimum Gasteiger partial charge on any atom is -0.466 e. The van der Waals surface area contributed by atoms with Crippen molar-refractivity contribution in [3.63, 3.8) is 0 Å². The molecule has 1 N–H and O–H groups in total. The Labute approximate surface area is 126 Å². The number of ether oxygens (including phenoxy) is 2. The van der Waals surface area contributed by atoms with Crippen LogP contribution in [-0.2, 0) is 19.1 Å². The van der Waals surface area contributed by atoms with Gasteiger partial charge >= 0.3 is 11.9 Å². The highest BCUT2D eigenvalue weighted by molar-refractivity contribution is 5.99. The summed E-state index contributed by atoms with van der Waals surface area (Å²) in [6.45, 7) is 0. The standard InChI is InChI=1S/C15H14N2O5/c1-20-14(18)7-12(15(19)21-2)17-11-6-4-3-5-10(11)13-8-16-9-22-13/h3-9,17H,1-2H3/b12-7+. The van der Waals surface area contributed by atoms with Crippen LogP contribution in [0.2, 0.25) is 0 Å². The number of hydrogen-bond donors (Lipinski definition) is 1. The number of nitrogens with zero attached hydrogens (tertiary/aromatic N) is 1. The molecule has 0 atom stereocenters. The van der Waals surface area contributed by atoms with Crippen molar-refractivity contribution in [2.24, 2.45) is 0 Å². The molecular weight excluding hydrogens is 288 g/mol. The molecule has 22 heavy (non-hydrogen) atoms. The molecule has 0 radical (unpaired) electrons. The number of carbonyl (C=O) groups is 2. The number of nitrogens with one attached hydrogen (secondary N) is 1. The average Bonchev–Trinajstić information content (AvgIpc) is 3.08. The van der Waals surface area contributed by atoms with Gasteiger partial charge in [-0.05, 0) is 12.1 Å². The van der Waals surface area contributed by atoms with Crippen molar-refractivity contribution >= 4 is 17.6 Å². The van der Waals surface area contributed by atoms with Crippen LogP contribution >= 0.6 is 0 Å². The highest BCUT2D eigenvalue weighted by Crippen LogP contribution is 2.28. The first-order chi connectivity index (χ1) is 10.7. The van der Waals surface area contributed by atoms with Crippen LogP contribution in [0, 0.1) is 0 Å². The minimum atomic E-state index is -0.697. The van der Waals surface area contributed by atoms with Crippen molar-refractivity contribution in [1.29, 1.82) is 0 Å². The maximum atomic E-state index is 11.8. The lowest BCUT2D eigenvalue weighted by Gasteiger charge is -2.12. The molecule has 0 saturated heterocycles. The zero-order valence-electron chi connectivity index (χ0n) is 12.0. The Morgan fingerprint density at radius 3 is 2.64 bits per heavy atom. The van der Waals surface area contributed by atoms with Gasteiger partial charge in [0.05, 0.1) is 26.5 Å². The smallest absolute Gasteiger partial charge is 0.354 e. The summed E-state index contributed by atoms with van der Waals surface area (Å²) in [6, 6.07) is 7.10. The molecule has 7 heteroatoms. The number of esters is 2. The molecular formula is C15H14N2O5. The Morgan fingerprint density at radius 1 is 1.23 bits per heavy atom. The van der Waals surface area contributed by atoms with E-state index in [1.54, 1.807) is 24.4 Å². The number of rotatable bonds is 5. The molecule has 0 spiro atoms.